The normalized spacial score (nSPS) is 16.4. The molecule has 0 spiro atoms. The molecule has 11 heteroatoms. The number of ether oxygens (including phenoxy) is 1. The van der Waals surface area contributed by atoms with Gasteiger partial charge >= 0.3 is 6.36 Å². The summed E-state index contributed by atoms with van der Waals surface area (Å²) in [7, 11) is 0. The second kappa shape index (κ2) is 10.1. The number of aromatic nitrogens is 1. The molecule has 1 aliphatic rings. The zero-order valence-corrected chi connectivity index (χ0v) is 18.0. The average molecular weight is 471 g/mol. The SMILES string of the molecule is CCC(=O)Nc1cc(C(=O)N[C@@H]2CCCN(c3ccc(OC(F)(F)F)cc3Cl)C2)ccn1. The van der Waals surface area contributed by atoms with Crippen molar-refractivity contribution in [2.24, 2.45) is 0 Å². The van der Waals surface area contributed by atoms with Crippen LogP contribution in [0, 0.1) is 0 Å². The maximum Gasteiger partial charge on any atom is 0.573 e. The van der Waals surface area contributed by atoms with Gasteiger partial charge in [0, 0.05) is 43.4 Å². The molecule has 2 aromatic rings. The number of nitrogens with one attached hydrogen (secondary N) is 2. The molecule has 172 valence electrons. The minimum absolute atomic E-state index is 0.129. The summed E-state index contributed by atoms with van der Waals surface area (Å²) in [6.45, 7) is 2.80. The Balaban J connectivity index is 1.65. The van der Waals surface area contributed by atoms with Crippen molar-refractivity contribution in [2.75, 3.05) is 23.3 Å². The van der Waals surface area contributed by atoms with E-state index >= 15 is 0 Å². The van der Waals surface area contributed by atoms with Crippen LogP contribution in [0.3, 0.4) is 0 Å². The molecule has 1 atom stereocenters. The van der Waals surface area contributed by atoms with Gasteiger partial charge in [-0.25, -0.2) is 4.98 Å². The number of carbonyl (C=O) groups excluding carboxylic acids is 2. The van der Waals surface area contributed by atoms with E-state index in [1.165, 1.54) is 24.4 Å². The van der Waals surface area contributed by atoms with Gasteiger partial charge in [-0.2, -0.15) is 0 Å². The first-order chi connectivity index (χ1) is 15.1. The summed E-state index contributed by atoms with van der Waals surface area (Å²) in [5.41, 5.74) is 0.920. The lowest BCUT2D eigenvalue weighted by Crippen LogP contribution is -2.48. The summed E-state index contributed by atoms with van der Waals surface area (Å²) in [5.74, 6) is -0.618. The van der Waals surface area contributed by atoms with Crippen LogP contribution in [-0.4, -0.2) is 42.3 Å². The molecule has 0 saturated carbocycles. The molecule has 0 radical (unpaired) electrons. The Morgan fingerprint density at radius 3 is 2.75 bits per heavy atom. The van der Waals surface area contributed by atoms with Crippen LogP contribution < -0.4 is 20.3 Å². The Morgan fingerprint density at radius 2 is 2.06 bits per heavy atom. The van der Waals surface area contributed by atoms with Gasteiger partial charge in [-0.05, 0) is 37.1 Å². The summed E-state index contributed by atoms with van der Waals surface area (Å²) < 4.78 is 41.1. The lowest BCUT2D eigenvalue weighted by molar-refractivity contribution is -0.274. The van der Waals surface area contributed by atoms with Crippen molar-refractivity contribution in [2.45, 2.75) is 38.6 Å². The molecule has 2 N–H and O–H groups in total. The fourth-order valence-corrected chi connectivity index (χ4v) is 3.69. The third-order valence-electron chi connectivity index (χ3n) is 4.86. The largest absolute Gasteiger partial charge is 0.573 e. The zero-order chi connectivity index (χ0) is 23.3. The van der Waals surface area contributed by atoms with Crippen molar-refractivity contribution in [3.8, 4) is 5.75 Å². The highest BCUT2D eigenvalue weighted by Gasteiger charge is 2.31. The van der Waals surface area contributed by atoms with E-state index in [0.29, 0.717) is 36.6 Å². The number of hydrogen-bond donors (Lipinski definition) is 2. The highest BCUT2D eigenvalue weighted by Crippen LogP contribution is 2.33. The monoisotopic (exact) mass is 470 g/mol. The number of benzene rings is 1. The molecule has 0 unspecified atom stereocenters. The van der Waals surface area contributed by atoms with Crippen LogP contribution in [-0.2, 0) is 4.79 Å². The molecule has 1 aromatic heterocycles. The Bertz CT molecular complexity index is 987. The van der Waals surface area contributed by atoms with Crippen LogP contribution in [0.2, 0.25) is 5.02 Å². The molecule has 2 heterocycles. The molecule has 1 aliphatic heterocycles. The Labute approximate surface area is 187 Å². The summed E-state index contributed by atoms with van der Waals surface area (Å²) in [4.78, 5) is 30.2. The molecule has 7 nitrogen and oxygen atoms in total. The zero-order valence-electron chi connectivity index (χ0n) is 17.2. The third-order valence-corrected chi connectivity index (χ3v) is 5.16. The van der Waals surface area contributed by atoms with Crippen molar-refractivity contribution in [3.05, 3.63) is 47.1 Å². The fraction of sp³-hybridized carbons (Fsp3) is 0.381. The molecule has 0 aliphatic carbocycles. The quantitative estimate of drug-likeness (QED) is 0.654. The van der Waals surface area contributed by atoms with E-state index in [1.807, 2.05) is 4.90 Å². The number of piperidine rings is 1. The number of anilines is 2. The van der Waals surface area contributed by atoms with Crippen molar-refractivity contribution >= 4 is 34.9 Å². The number of halogens is 4. The predicted octanol–water partition coefficient (Wildman–Crippen LogP) is 4.38. The molecule has 2 amide bonds. The Hall–Kier alpha value is -3.01. The van der Waals surface area contributed by atoms with Crippen LogP contribution in [0.25, 0.3) is 0 Å². The molecular weight excluding hydrogens is 449 g/mol. The van der Waals surface area contributed by atoms with Crippen molar-refractivity contribution < 1.29 is 27.5 Å². The van der Waals surface area contributed by atoms with Gasteiger partial charge in [0.1, 0.15) is 11.6 Å². The maximum atomic E-state index is 12.7. The van der Waals surface area contributed by atoms with Crippen LogP contribution in [0.5, 0.6) is 5.75 Å². The lowest BCUT2D eigenvalue weighted by atomic mass is 10.0. The van der Waals surface area contributed by atoms with Crippen molar-refractivity contribution in [1.29, 1.82) is 0 Å². The second-order valence-electron chi connectivity index (χ2n) is 7.25. The summed E-state index contributed by atoms with van der Waals surface area (Å²) >= 11 is 6.19. The first kappa shape index (κ1) is 23.6. The number of pyridine rings is 1. The Kier molecular flexibility index (Phi) is 7.44. The van der Waals surface area contributed by atoms with Gasteiger partial charge in [-0.1, -0.05) is 18.5 Å². The average Bonchev–Trinajstić information content (AvgIpc) is 2.73. The fourth-order valence-electron chi connectivity index (χ4n) is 3.40. The van der Waals surface area contributed by atoms with E-state index in [-0.39, 0.29) is 22.9 Å². The number of hydrogen-bond acceptors (Lipinski definition) is 5. The number of rotatable bonds is 6. The van der Waals surface area contributed by atoms with E-state index in [2.05, 4.69) is 20.4 Å². The predicted molar refractivity (Wildman–Crippen MR) is 114 cm³/mol. The van der Waals surface area contributed by atoms with E-state index < -0.39 is 12.1 Å². The van der Waals surface area contributed by atoms with Gasteiger partial charge in [0.2, 0.25) is 5.91 Å². The Morgan fingerprint density at radius 1 is 1.28 bits per heavy atom. The van der Waals surface area contributed by atoms with Crippen molar-refractivity contribution in [1.82, 2.24) is 10.3 Å². The molecular formula is C21H22ClF3N4O3. The van der Waals surface area contributed by atoms with E-state index in [9.17, 15) is 22.8 Å². The van der Waals surface area contributed by atoms with Gasteiger partial charge in [-0.15, -0.1) is 13.2 Å². The molecule has 1 fully saturated rings. The summed E-state index contributed by atoms with van der Waals surface area (Å²) in [6.07, 6.45) is -1.56. The minimum atomic E-state index is -4.79. The number of amides is 2. The van der Waals surface area contributed by atoms with E-state index in [4.69, 9.17) is 11.6 Å². The summed E-state index contributed by atoms with van der Waals surface area (Å²) in [5, 5.41) is 5.69. The van der Waals surface area contributed by atoms with Gasteiger partial charge in [0.15, 0.2) is 0 Å². The van der Waals surface area contributed by atoms with Crippen LogP contribution >= 0.6 is 11.6 Å². The van der Waals surface area contributed by atoms with Crippen LogP contribution in [0.4, 0.5) is 24.7 Å². The topological polar surface area (TPSA) is 83.6 Å². The summed E-state index contributed by atoms with van der Waals surface area (Å²) in [6, 6.07) is 6.66. The molecule has 3 rings (SSSR count). The second-order valence-corrected chi connectivity index (χ2v) is 7.66. The number of carbonyl (C=O) groups is 2. The molecule has 0 bridgehead atoms. The molecule has 1 aromatic carbocycles. The highest BCUT2D eigenvalue weighted by atomic mass is 35.5. The first-order valence-corrected chi connectivity index (χ1v) is 10.4. The van der Waals surface area contributed by atoms with E-state index in [0.717, 1.165) is 18.9 Å². The standard InChI is InChI=1S/C21H22ClF3N4O3/c1-2-19(30)28-18-10-13(7-8-26-18)20(31)27-14-4-3-9-29(12-14)17-6-5-15(11-16(17)22)32-21(23,24)25/h5-8,10-11,14H,2-4,9,12H2,1H3,(H,27,31)(H,26,28,30)/t14-/m1/s1. The van der Waals surface area contributed by atoms with Crippen LogP contribution in [0.15, 0.2) is 36.5 Å². The highest BCUT2D eigenvalue weighted by molar-refractivity contribution is 6.33. The minimum Gasteiger partial charge on any atom is -0.406 e. The van der Waals surface area contributed by atoms with Gasteiger partial charge in [0.25, 0.3) is 5.91 Å². The smallest absolute Gasteiger partial charge is 0.406 e. The molecule has 32 heavy (non-hydrogen) atoms. The first-order valence-electron chi connectivity index (χ1n) is 10.0. The number of nitrogens with zero attached hydrogens (tertiary/aromatic N) is 2. The lowest BCUT2D eigenvalue weighted by Gasteiger charge is -2.35. The number of alkyl halides is 3. The van der Waals surface area contributed by atoms with E-state index in [1.54, 1.807) is 13.0 Å². The third kappa shape index (κ3) is 6.49. The van der Waals surface area contributed by atoms with Crippen molar-refractivity contribution in [3.63, 3.8) is 0 Å². The van der Waals surface area contributed by atoms with Gasteiger partial charge in [0.05, 0.1) is 10.7 Å². The van der Waals surface area contributed by atoms with Crippen LogP contribution in [0.1, 0.15) is 36.5 Å². The van der Waals surface area contributed by atoms with Gasteiger partial charge < -0.3 is 20.3 Å². The molecule has 1 saturated heterocycles. The van der Waals surface area contributed by atoms with Gasteiger partial charge in [-0.3, -0.25) is 9.59 Å². The maximum absolute atomic E-state index is 12.7.